The molecule has 2 heterocycles. The van der Waals surface area contributed by atoms with E-state index < -0.39 is 10.0 Å². The van der Waals surface area contributed by atoms with Crippen LogP contribution in [0.15, 0.2) is 36.5 Å². The fraction of sp³-hybridized carbons (Fsp3) is 0.438. The average Bonchev–Trinajstić information content (AvgIpc) is 2.92. The van der Waals surface area contributed by atoms with Crippen molar-refractivity contribution in [3.63, 3.8) is 0 Å². The minimum atomic E-state index is -3.20. The van der Waals surface area contributed by atoms with Gasteiger partial charge in [-0.3, -0.25) is 9.58 Å². The minimum Gasteiger partial charge on any atom is -0.291 e. The molecule has 0 spiro atoms. The highest BCUT2D eigenvalue weighted by molar-refractivity contribution is 7.88. The summed E-state index contributed by atoms with van der Waals surface area (Å²) in [7, 11) is -3.20. The first-order chi connectivity index (χ1) is 10.9. The van der Waals surface area contributed by atoms with Crippen LogP contribution in [0.2, 0.25) is 0 Å². The zero-order valence-electron chi connectivity index (χ0n) is 13.4. The molecule has 0 bridgehead atoms. The van der Waals surface area contributed by atoms with E-state index in [-0.39, 0.29) is 6.04 Å². The van der Waals surface area contributed by atoms with Gasteiger partial charge in [0.1, 0.15) is 0 Å². The Kier molecular flexibility index (Phi) is 4.52. The van der Waals surface area contributed by atoms with E-state index in [0.29, 0.717) is 6.54 Å². The molecule has 1 N–H and O–H groups in total. The summed E-state index contributed by atoms with van der Waals surface area (Å²) in [6.07, 6.45) is 2.96. The van der Waals surface area contributed by atoms with E-state index in [0.717, 1.165) is 25.3 Å². The van der Waals surface area contributed by atoms with Crippen LogP contribution in [0, 0.1) is 6.92 Å². The molecule has 0 radical (unpaired) electrons. The average molecular weight is 334 g/mol. The Morgan fingerprint density at radius 3 is 2.91 bits per heavy atom. The van der Waals surface area contributed by atoms with Gasteiger partial charge in [0.15, 0.2) is 0 Å². The summed E-state index contributed by atoms with van der Waals surface area (Å²) in [5.74, 6) is 0. The summed E-state index contributed by atoms with van der Waals surface area (Å²) in [5, 5.41) is 4.35. The molecule has 2 aromatic rings. The van der Waals surface area contributed by atoms with Gasteiger partial charge >= 0.3 is 0 Å². The number of nitrogens with zero attached hydrogens (tertiary/aromatic N) is 3. The van der Waals surface area contributed by atoms with Crippen molar-refractivity contribution >= 4 is 10.0 Å². The molecule has 6 nitrogen and oxygen atoms in total. The predicted molar refractivity (Wildman–Crippen MR) is 89.4 cm³/mol. The smallest absolute Gasteiger partial charge is 0.208 e. The molecule has 124 valence electrons. The molecule has 0 fully saturated rings. The second-order valence-corrected chi connectivity index (χ2v) is 8.03. The van der Waals surface area contributed by atoms with Crippen molar-refractivity contribution in [2.24, 2.45) is 0 Å². The van der Waals surface area contributed by atoms with E-state index in [4.69, 9.17) is 0 Å². The van der Waals surface area contributed by atoms with E-state index >= 15 is 0 Å². The van der Waals surface area contributed by atoms with Gasteiger partial charge < -0.3 is 0 Å². The second kappa shape index (κ2) is 6.43. The molecule has 0 saturated carbocycles. The molecular weight excluding hydrogens is 312 g/mol. The summed E-state index contributed by atoms with van der Waals surface area (Å²) in [5.41, 5.74) is 3.64. The Bertz CT molecular complexity index is 785. The molecule has 3 rings (SSSR count). The van der Waals surface area contributed by atoms with Gasteiger partial charge in [-0.05, 0) is 18.6 Å². The lowest BCUT2D eigenvalue weighted by Gasteiger charge is -2.34. The number of rotatable bonds is 5. The van der Waals surface area contributed by atoms with Crippen LogP contribution in [0.4, 0.5) is 0 Å². The topological polar surface area (TPSA) is 67.2 Å². The normalized spacial score (nSPS) is 18.8. The summed E-state index contributed by atoms with van der Waals surface area (Å²) in [6, 6.07) is 10.5. The number of benzene rings is 1. The number of hydrogen-bond donors (Lipinski definition) is 1. The number of fused-ring (bicyclic) bond motifs is 1. The van der Waals surface area contributed by atoms with Gasteiger partial charge in [0.25, 0.3) is 0 Å². The molecule has 1 aliphatic rings. The lowest BCUT2D eigenvalue weighted by molar-refractivity contribution is 0.168. The maximum Gasteiger partial charge on any atom is 0.208 e. The fourth-order valence-electron chi connectivity index (χ4n) is 3.05. The van der Waals surface area contributed by atoms with Crippen LogP contribution in [0.25, 0.3) is 0 Å². The van der Waals surface area contributed by atoms with E-state index in [2.05, 4.69) is 45.9 Å². The fourth-order valence-corrected chi connectivity index (χ4v) is 3.55. The molecule has 7 heteroatoms. The molecule has 23 heavy (non-hydrogen) atoms. The Morgan fingerprint density at radius 2 is 2.17 bits per heavy atom. The molecule has 1 aromatic heterocycles. The van der Waals surface area contributed by atoms with Crippen molar-refractivity contribution < 1.29 is 8.42 Å². The summed E-state index contributed by atoms with van der Waals surface area (Å²) in [6.45, 7) is 4.89. The Hall–Kier alpha value is -1.70. The molecule has 0 aliphatic carbocycles. The first-order valence-electron chi connectivity index (χ1n) is 7.65. The van der Waals surface area contributed by atoms with E-state index in [1.807, 2.05) is 10.7 Å². The summed E-state index contributed by atoms with van der Waals surface area (Å²) >= 11 is 0. The highest BCUT2D eigenvalue weighted by Crippen LogP contribution is 2.22. The highest BCUT2D eigenvalue weighted by atomic mass is 32.2. The molecule has 0 amide bonds. The number of aromatic nitrogens is 2. The number of hydrogen-bond acceptors (Lipinski definition) is 4. The molecule has 1 aromatic carbocycles. The van der Waals surface area contributed by atoms with Crippen LogP contribution in [0.3, 0.4) is 0 Å². The van der Waals surface area contributed by atoms with Crippen LogP contribution >= 0.6 is 0 Å². The number of sulfonamides is 1. The van der Waals surface area contributed by atoms with Crippen molar-refractivity contribution in [1.82, 2.24) is 19.4 Å². The maximum atomic E-state index is 11.4. The first-order valence-corrected chi connectivity index (χ1v) is 9.55. The molecular formula is C16H22N4O2S. The second-order valence-electron chi connectivity index (χ2n) is 6.20. The maximum absolute atomic E-state index is 11.4. The number of aryl methyl sites for hydroxylation is 1. The lowest BCUT2D eigenvalue weighted by Crippen LogP contribution is -2.42. The lowest BCUT2D eigenvalue weighted by atomic mass is 10.1. The SMILES string of the molecule is Cc1cccc(CN2Cc3ccnn3C(CNS(C)(=O)=O)C2)c1. The standard InChI is InChI=1S/C16H22N4O2S/c1-13-4-3-5-14(8-13)10-19-11-15-6-7-17-20(15)16(12-19)9-18-23(2,21)22/h3-8,16,18H,9-12H2,1-2H3. The van der Waals surface area contributed by atoms with Gasteiger partial charge in [0.2, 0.25) is 10.0 Å². The van der Waals surface area contributed by atoms with Crippen LogP contribution in [-0.2, 0) is 23.1 Å². The van der Waals surface area contributed by atoms with Crippen LogP contribution < -0.4 is 4.72 Å². The van der Waals surface area contributed by atoms with E-state index in [1.54, 1.807) is 6.20 Å². The van der Waals surface area contributed by atoms with Gasteiger partial charge in [-0.2, -0.15) is 5.10 Å². The third kappa shape index (κ3) is 4.19. The Labute approximate surface area is 137 Å². The van der Waals surface area contributed by atoms with Crippen molar-refractivity contribution in [3.05, 3.63) is 53.3 Å². The first kappa shape index (κ1) is 16.2. The molecule has 0 saturated heterocycles. The van der Waals surface area contributed by atoms with Gasteiger partial charge in [-0.1, -0.05) is 29.8 Å². The minimum absolute atomic E-state index is 0.00767. The summed E-state index contributed by atoms with van der Waals surface area (Å²) < 4.78 is 27.3. The Morgan fingerprint density at radius 1 is 1.35 bits per heavy atom. The number of nitrogens with one attached hydrogen (secondary N) is 1. The van der Waals surface area contributed by atoms with Crippen molar-refractivity contribution in [3.8, 4) is 0 Å². The zero-order chi connectivity index (χ0) is 16.4. The Balaban J connectivity index is 1.74. The highest BCUT2D eigenvalue weighted by Gasteiger charge is 2.26. The van der Waals surface area contributed by atoms with Crippen molar-refractivity contribution in [2.45, 2.75) is 26.1 Å². The van der Waals surface area contributed by atoms with Gasteiger partial charge in [-0.15, -0.1) is 0 Å². The van der Waals surface area contributed by atoms with E-state index in [9.17, 15) is 8.42 Å². The van der Waals surface area contributed by atoms with Gasteiger partial charge in [-0.25, -0.2) is 13.1 Å². The van der Waals surface area contributed by atoms with Crippen LogP contribution in [0.5, 0.6) is 0 Å². The predicted octanol–water partition coefficient (Wildman–Crippen LogP) is 1.30. The zero-order valence-corrected chi connectivity index (χ0v) is 14.3. The van der Waals surface area contributed by atoms with Gasteiger partial charge in [0.05, 0.1) is 18.0 Å². The monoisotopic (exact) mass is 334 g/mol. The summed E-state index contributed by atoms with van der Waals surface area (Å²) in [4.78, 5) is 2.33. The third-order valence-corrected chi connectivity index (χ3v) is 4.71. The molecule has 1 unspecified atom stereocenters. The third-order valence-electron chi connectivity index (χ3n) is 4.02. The van der Waals surface area contributed by atoms with Crippen LogP contribution in [0.1, 0.15) is 22.9 Å². The molecule has 1 aliphatic heterocycles. The largest absolute Gasteiger partial charge is 0.291 e. The van der Waals surface area contributed by atoms with Crippen molar-refractivity contribution in [1.29, 1.82) is 0 Å². The van der Waals surface area contributed by atoms with Crippen molar-refractivity contribution in [2.75, 3.05) is 19.3 Å². The van der Waals surface area contributed by atoms with E-state index in [1.165, 1.54) is 17.4 Å². The quantitative estimate of drug-likeness (QED) is 0.895. The van der Waals surface area contributed by atoms with Crippen LogP contribution in [-0.4, -0.2) is 42.4 Å². The molecule has 1 atom stereocenters. The van der Waals surface area contributed by atoms with Gasteiger partial charge in [0, 0.05) is 32.4 Å².